The lowest BCUT2D eigenvalue weighted by Crippen LogP contribution is -1.91. The molecule has 0 saturated carbocycles. The second-order valence-corrected chi connectivity index (χ2v) is 10.8. The van der Waals surface area contributed by atoms with E-state index < -0.39 is 53.9 Å². The third kappa shape index (κ3) is 4.24. The average Bonchev–Trinajstić information content (AvgIpc) is 3.64. The van der Waals surface area contributed by atoms with Crippen molar-refractivity contribution < 1.29 is 19.5 Å². The molecular weight excluding hydrogens is 544 g/mol. The normalized spacial score (nSPS) is 15.0. The average molecular weight is 584 g/mol. The SMILES string of the molecule is [2H]c1c([2H])c([2H])c(-c2c([2H])c([2H])c3oc4c([2H])c([2H])c(-c5c6ccccc6c(-c6ccc(-c7ccccc7)cc6)c6ccccc56)c([2H])c4c3c2[2H])c([2H])c1[2H]. The molecule has 0 unspecified atom stereocenters. The van der Waals surface area contributed by atoms with Gasteiger partial charge in [0.05, 0.1) is 15.1 Å². The van der Waals surface area contributed by atoms with Crippen molar-refractivity contribution in [2.24, 2.45) is 0 Å². The summed E-state index contributed by atoms with van der Waals surface area (Å²) in [6, 6.07) is 28.0. The predicted molar refractivity (Wildman–Crippen MR) is 190 cm³/mol. The Morgan fingerprint density at radius 1 is 0.333 bits per heavy atom. The first-order valence-corrected chi connectivity index (χ1v) is 14.5. The zero-order valence-corrected chi connectivity index (χ0v) is 23.7. The van der Waals surface area contributed by atoms with Crippen LogP contribution in [0.15, 0.2) is 174 Å². The van der Waals surface area contributed by atoms with Gasteiger partial charge in [-0.3, -0.25) is 0 Å². The van der Waals surface area contributed by atoms with Gasteiger partial charge in [-0.2, -0.15) is 0 Å². The molecule has 0 atom stereocenters. The van der Waals surface area contributed by atoms with E-state index in [4.69, 9.17) is 14.0 Å². The number of hydrogen-bond donors (Lipinski definition) is 0. The van der Waals surface area contributed by atoms with Gasteiger partial charge in [-0.25, -0.2) is 0 Å². The molecule has 0 saturated heterocycles. The molecule has 9 rings (SSSR count). The van der Waals surface area contributed by atoms with Crippen LogP contribution in [0.5, 0.6) is 0 Å². The van der Waals surface area contributed by atoms with Gasteiger partial charge in [-0.05, 0) is 90.2 Å². The van der Waals surface area contributed by atoms with Gasteiger partial charge in [-0.1, -0.05) is 145 Å². The molecule has 0 aliphatic carbocycles. The Morgan fingerprint density at radius 2 is 0.800 bits per heavy atom. The van der Waals surface area contributed by atoms with E-state index in [0.29, 0.717) is 5.56 Å². The molecule has 8 aromatic carbocycles. The highest BCUT2D eigenvalue weighted by atomic mass is 16.3. The highest BCUT2D eigenvalue weighted by Gasteiger charge is 2.18. The second kappa shape index (κ2) is 10.4. The van der Waals surface area contributed by atoms with E-state index in [0.717, 1.165) is 43.8 Å². The van der Waals surface area contributed by atoms with Gasteiger partial charge >= 0.3 is 0 Å². The molecule has 0 bridgehead atoms. The Kier molecular flexibility index (Phi) is 3.87. The second-order valence-electron chi connectivity index (χ2n) is 10.8. The van der Waals surface area contributed by atoms with Crippen LogP contribution in [0.4, 0.5) is 0 Å². The summed E-state index contributed by atoms with van der Waals surface area (Å²) in [5.74, 6) is 0. The van der Waals surface area contributed by atoms with E-state index in [1.807, 2.05) is 66.7 Å². The van der Waals surface area contributed by atoms with Crippen molar-refractivity contribution in [3.8, 4) is 44.5 Å². The molecule has 9 aromatic rings. The van der Waals surface area contributed by atoms with E-state index >= 15 is 0 Å². The van der Waals surface area contributed by atoms with Crippen LogP contribution in [0.1, 0.15) is 15.1 Å². The summed E-state index contributed by atoms with van der Waals surface area (Å²) in [5, 5.41) is 2.99. The van der Waals surface area contributed by atoms with Gasteiger partial charge < -0.3 is 4.42 Å². The fourth-order valence-corrected chi connectivity index (χ4v) is 6.19. The van der Waals surface area contributed by atoms with Crippen LogP contribution in [0, 0.1) is 0 Å². The maximum absolute atomic E-state index is 9.75. The van der Waals surface area contributed by atoms with Crippen LogP contribution in [-0.4, -0.2) is 0 Å². The molecule has 0 aliphatic rings. The first-order chi connectivity index (χ1) is 26.9. The Labute approximate surface area is 277 Å². The van der Waals surface area contributed by atoms with Crippen molar-refractivity contribution in [2.75, 3.05) is 0 Å². The lowest BCUT2D eigenvalue weighted by atomic mass is 9.85. The highest BCUT2D eigenvalue weighted by Crippen LogP contribution is 2.45. The summed E-state index contributed by atoms with van der Waals surface area (Å²) in [4.78, 5) is 0. The zero-order valence-electron chi connectivity index (χ0n) is 34.7. The molecule has 1 heteroatoms. The highest BCUT2D eigenvalue weighted by molar-refractivity contribution is 6.22. The number of fused-ring (bicyclic) bond motifs is 5. The number of furan rings is 1. The predicted octanol–water partition coefficient (Wildman–Crippen LogP) is 12.6. The number of benzene rings is 8. The number of hydrogen-bond acceptors (Lipinski definition) is 1. The summed E-state index contributed by atoms with van der Waals surface area (Å²) in [7, 11) is 0. The molecule has 1 nitrogen and oxygen atoms in total. The Morgan fingerprint density at radius 3 is 1.40 bits per heavy atom. The fraction of sp³-hybridized carbons (Fsp3) is 0. The van der Waals surface area contributed by atoms with Gasteiger partial charge in [0.1, 0.15) is 11.2 Å². The Bertz CT molecular complexity index is 3050. The zero-order chi connectivity index (χ0) is 39.3. The van der Waals surface area contributed by atoms with Crippen LogP contribution in [0.2, 0.25) is 0 Å². The van der Waals surface area contributed by atoms with Crippen molar-refractivity contribution in [3.63, 3.8) is 0 Å². The van der Waals surface area contributed by atoms with Crippen molar-refractivity contribution in [3.05, 3.63) is 170 Å². The Balaban J connectivity index is 1.37. The molecule has 0 spiro atoms. The summed E-state index contributed by atoms with van der Waals surface area (Å²) < 4.78 is 103. The Hall–Kier alpha value is -5.92. The topological polar surface area (TPSA) is 13.1 Å². The minimum atomic E-state index is -0.659. The molecule has 0 amide bonds. The summed E-state index contributed by atoms with van der Waals surface area (Å²) in [6.45, 7) is 0. The van der Waals surface area contributed by atoms with Crippen molar-refractivity contribution in [2.45, 2.75) is 0 Å². The van der Waals surface area contributed by atoms with Crippen LogP contribution in [0.3, 0.4) is 0 Å². The maximum Gasteiger partial charge on any atom is 0.135 e. The quantitative estimate of drug-likeness (QED) is 0.188. The van der Waals surface area contributed by atoms with Crippen LogP contribution in [0.25, 0.3) is 88.0 Å². The lowest BCUT2D eigenvalue weighted by molar-refractivity contribution is 0.669. The van der Waals surface area contributed by atoms with E-state index in [-0.39, 0.29) is 51.2 Å². The third-order valence-corrected chi connectivity index (χ3v) is 8.22. The van der Waals surface area contributed by atoms with E-state index in [1.54, 1.807) is 0 Å². The van der Waals surface area contributed by atoms with Gasteiger partial charge in [0, 0.05) is 10.8 Å². The smallest absolute Gasteiger partial charge is 0.135 e. The molecule has 0 N–H and O–H groups in total. The molecule has 0 aliphatic heterocycles. The van der Waals surface area contributed by atoms with E-state index in [2.05, 4.69) is 36.4 Å². The minimum absolute atomic E-state index is 0.0446. The first-order valence-electron chi connectivity index (χ1n) is 20.0. The lowest BCUT2D eigenvalue weighted by Gasteiger charge is -2.18. The van der Waals surface area contributed by atoms with Crippen molar-refractivity contribution >= 4 is 43.5 Å². The molecule has 45 heavy (non-hydrogen) atoms. The van der Waals surface area contributed by atoms with E-state index in [9.17, 15) is 5.48 Å². The molecular formula is C44H28O. The summed E-state index contributed by atoms with van der Waals surface area (Å²) >= 11 is 0. The van der Waals surface area contributed by atoms with Crippen LogP contribution in [-0.2, 0) is 0 Å². The minimum Gasteiger partial charge on any atom is -0.456 e. The van der Waals surface area contributed by atoms with Gasteiger partial charge in [-0.15, -0.1) is 0 Å². The molecule has 1 heterocycles. The van der Waals surface area contributed by atoms with Gasteiger partial charge in [0.25, 0.3) is 0 Å². The standard InChI is InChI=1S/C44H28O/c1-3-11-29(12-4-1)31-19-21-32(22-20-31)43-35-15-7-9-17-37(35)44(38-18-10-8-16-36(38)43)34-24-26-42-40(28-34)39-27-33(23-25-41(39)45-42)30-13-5-2-6-14-30/h1-28H/i2D,5D,6D,13D,14D,23D,24D,25D,26D,27D,28D. The molecule has 1 aromatic heterocycles. The van der Waals surface area contributed by atoms with Crippen LogP contribution < -0.4 is 0 Å². The first kappa shape index (κ1) is 16.8. The largest absolute Gasteiger partial charge is 0.456 e. The number of rotatable bonds is 4. The summed E-state index contributed by atoms with van der Waals surface area (Å²) in [6.07, 6.45) is 0. The van der Waals surface area contributed by atoms with E-state index in [1.165, 1.54) is 0 Å². The monoisotopic (exact) mass is 583 g/mol. The maximum atomic E-state index is 9.75. The fourth-order valence-electron chi connectivity index (χ4n) is 6.19. The molecule has 0 fully saturated rings. The third-order valence-electron chi connectivity index (χ3n) is 8.22. The van der Waals surface area contributed by atoms with Gasteiger partial charge in [0.2, 0.25) is 0 Å². The molecule has 210 valence electrons. The van der Waals surface area contributed by atoms with Crippen molar-refractivity contribution in [1.29, 1.82) is 0 Å². The summed E-state index contributed by atoms with van der Waals surface area (Å²) in [5.41, 5.74) is 3.42. The molecule has 0 radical (unpaired) electrons. The van der Waals surface area contributed by atoms with Crippen LogP contribution >= 0.6 is 0 Å². The van der Waals surface area contributed by atoms with Crippen molar-refractivity contribution in [1.82, 2.24) is 0 Å². The van der Waals surface area contributed by atoms with Gasteiger partial charge in [0.15, 0.2) is 0 Å².